The van der Waals surface area contributed by atoms with Gasteiger partial charge in [0.2, 0.25) is 0 Å². The fourth-order valence-corrected chi connectivity index (χ4v) is 9.68. The van der Waals surface area contributed by atoms with Crippen molar-refractivity contribution in [2.45, 2.75) is 162 Å². The van der Waals surface area contributed by atoms with Crippen LogP contribution < -0.4 is 45.7 Å². The molecule has 0 nitrogen and oxygen atoms in total. The molecule has 2 aromatic carbocycles. The summed E-state index contributed by atoms with van der Waals surface area (Å²) in [6, 6.07) is 13.9. The Labute approximate surface area is 444 Å². The number of allylic oxidation sites excluding steroid dienone is 16. The minimum atomic E-state index is -0.157. The maximum Gasteiger partial charge on any atom is -1.00 e. The maximum absolute atomic E-state index is 4.01. The average Bonchev–Trinajstić information content (AvgIpc) is 3.91. The summed E-state index contributed by atoms with van der Waals surface area (Å²) in [4.78, 5) is 0. The first-order chi connectivity index (χ1) is 29.3. The molecule has 0 amide bonds. The first-order valence-electron chi connectivity index (χ1n) is 23.6. The van der Waals surface area contributed by atoms with Crippen LogP contribution in [-0.4, -0.2) is 6.41 Å². The second kappa shape index (κ2) is 21.5. The van der Waals surface area contributed by atoms with Crippen LogP contribution in [0.5, 0.6) is 0 Å². The third-order valence-corrected chi connectivity index (χ3v) is 13.9. The monoisotopic (exact) mass is 1070 g/mol. The van der Waals surface area contributed by atoms with E-state index in [0.29, 0.717) is 0 Å². The molecule has 2 atom stereocenters. The van der Waals surface area contributed by atoms with Crippen molar-refractivity contribution in [3.8, 4) is 0 Å². The molecule has 0 spiro atoms. The summed E-state index contributed by atoms with van der Waals surface area (Å²) in [5, 5.41) is 5.37. The third kappa shape index (κ3) is 12.1. The van der Waals surface area contributed by atoms with Crippen LogP contribution in [0, 0.1) is 33.8 Å². The molecule has 0 N–H and O–H groups in total. The van der Waals surface area contributed by atoms with Crippen molar-refractivity contribution in [3.63, 3.8) is 0 Å². The second-order valence-electron chi connectivity index (χ2n) is 23.5. The van der Waals surface area contributed by atoms with Crippen LogP contribution in [0.15, 0.2) is 117 Å². The minimum Gasteiger partial charge on any atom is -1.00 e. The van der Waals surface area contributed by atoms with Gasteiger partial charge in [0.05, 0.1) is 0 Å². The van der Waals surface area contributed by atoms with Crippen molar-refractivity contribution in [1.29, 1.82) is 0 Å². The van der Waals surface area contributed by atoms with Crippen molar-refractivity contribution in [2.75, 3.05) is 0 Å². The normalized spacial score (nSPS) is 21.2. The van der Waals surface area contributed by atoms with E-state index in [4.69, 9.17) is 0 Å². The summed E-state index contributed by atoms with van der Waals surface area (Å²) in [5.41, 5.74) is 16.9. The standard InChI is InChI=1S/2C28H33.2C3H6.2ClH.2Zr/c2*1-18-9-12-25(19(18)2)28(27(6,7)8)14-13-24-21(17-28)15-20-16-22(26(3,4)5)10-11-23(20)24;2*1-3-2;;;;/h2*9-11,13-16H,12H2,1-8H3;2*1-2H3;2*1H;;/q2*-1;;;;;;/p-2. The zero-order valence-corrected chi connectivity index (χ0v) is 50.7. The topological polar surface area (TPSA) is 0 Å². The molecule has 0 bridgehead atoms. The molecule has 8 rings (SSSR count). The van der Waals surface area contributed by atoms with E-state index < -0.39 is 0 Å². The Kier molecular flexibility index (Phi) is 19.0. The molecule has 0 radical (unpaired) electrons. The Balaban J connectivity index is 0.000000294. The van der Waals surface area contributed by atoms with E-state index in [2.05, 4.69) is 236 Å². The van der Waals surface area contributed by atoms with E-state index in [-0.39, 0.29) is 57.3 Å². The van der Waals surface area contributed by atoms with E-state index in [0.717, 1.165) is 12.8 Å². The first kappa shape index (κ1) is 58.2. The summed E-state index contributed by atoms with van der Waals surface area (Å²) >= 11 is 3.11. The zero-order chi connectivity index (χ0) is 48.1. The van der Waals surface area contributed by atoms with Gasteiger partial charge in [0, 0.05) is 0 Å². The van der Waals surface area contributed by atoms with Crippen molar-refractivity contribution in [1.82, 2.24) is 0 Å². The fourth-order valence-electron chi connectivity index (χ4n) is 9.68. The Morgan fingerprint density at radius 3 is 1.06 bits per heavy atom. The quantitative estimate of drug-likeness (QED) is 0.277. The molecule has 2 unspecified atom stereocenters. The Morgan fingerprint density at radius 2 is 0.818 bits per heavy atom. The molecule has 0 aliphatic heterocycles. The van der Waals surface area contributed by atoms with E-state index in [1.807, 2.05) is 0 Å². The molecule has 0 heterocycles. The van der Waals surface area contributed by atoms with Crippen LogP contribution in [0.25, 0.3) is 23.3 Å². The van der Waals surface area contributed by atoms with E-state index in [9.17, 15) is 0 Å². The van der Waals surface area contributed by atoms with Gasteiger partial charge in [-0.15, -0.1) is 23.3 Å². The predicted molar refractivity (Wildman–Crippen MR) is 275 cm³/mol. The molecule has 6 aliphatic carbocycles. The van der Waals surface area contributed by atoms with Crippen LogP contribution in [-0.2, 0) is 59.3 Å². The van der Waals surface area contributed by atoms with Gasteiger partial charge in [0.1, 0.15) is 0 Å². The van der Waals surface area contributed by atoms with Crippen molar-refractivity contribution in [3.05, 3.63) is 162 Å². The summed E-state index contributed by atoms with van der Waals surface area (Å²) in [6.45, 7) is 45.3. The molecule has 0 saturated carbocycles. The number of hydrogen-bond acceptors (Lipinski definition) is 0. The molecule has 352 valence electrons. The van der Waals surface area contributed by atoms with Crippen molar-refractivity contribution >= 4 is 29.7 Å². The van der Waals surface area contributed by atoms with Gasteiger partial charge in [0.15, 0.2) is 0 Å². The molecule has 2 aromatic rings. The van der Waals surface area contributed by atoms with Crippen LogP contribution in [0.4, 0.5) is 0 Å². The molecule has 4 heteroatoms. The predicted octanol–water partition coefficient (Wildman–Crippen LogP) is 7.35. The largest absolute Gasteiger partial charge is 1.00 e. The SMILES string of the molecule is CC1=CCC(C2(C(C)(C)C)[C-]=C3C=c4cc(C(C)(C)C)ccc4=C3C=C2)=C1C.CC1=CCC(C2(C(C)(C)C)[C-]=C3C=c4cc(C(C)(C)C)ccc4=C3C=C2)=C1C.C[C](C)=[Zr].C[C](C)=[Zr].[Cl-].[Cl-]. The summed E-state index contributed by atoms with van der Waals surface area (Å²) in [5.74, 6) is 0. The molecule has 0 saturated heterocycles. The van der Waals surface area contributed by atoms with Gasteiger partial charge in [-0.1, -0.05) is 187 Å². The molecule has 0 fully saturated rings. The van der Waals surface area contributed by atoms with E-state index >= 15 is 0 Å². The van der Waals surface area contributed by atoms with Gasteiger partial charge in [-0.25, -0.2) is 0 Å². The molecule has 0 aromatic heterocycles. The molecular formula is C62H78Cl2Zr2-4. The number of rotatable bonds is 2. The molecule has 66 heavy (non-hydrogen) atoms. The van der Waals surface area contributed by atoms with Gasteiger partial charge in [-0.05, 0) is 95.3 Å². The number of hydrogen-bond donors (Lipinski definition) is 0. The number of halogens is 2. The van der Waals surface area contributed by atoms with Crippen LogP contribution in [0.1, 0.15) is 162 Å². The average molecular weight is 1080 g/mol. The van der Waals surface area contributed by atoms with E-state index in [1.165, 1.54) is 94.1 Å². The van der Waals surface area contributed by atoms with Crippen molar-refractivity contribution in [2.24, 2.45) is 21.7 Å². The number of fused-ring (bicyclic) bond motifs is 4. The zero-order valence-electron chi connectivity index (χ0n) is 44.3. The van der Waals surface area contributed by atoms with Gasteiger partial charge in [0.25, 0.3) is 0 Å². The third-order valence-electron chi connectivity index (χ3n) is 13.9. The summed E-state index contributed by atoms with van der Waals surface area (Å²) in [7, 11) is 0. The second-order valence-corrected chi connectivity index (χ2v) is 28.4. The fraction of sp³-hybridized carbons (Fsp3) is 0.452. The Morgan fingerprint density at radius 1 is 0.515 bits per heavy atom. The Hall–Kier alpha value is -2.07. The van der Waals surface area contributed by atoms with E-state index in [1.54, 1.807) is 48.5 Å². The minimum absolute atomic E-state index is 0. The Bertz CT molecular complexity index is 2590. The maximum atomic E-state index is 4.01. The first-order valence-corrected chi connectivity index (χ1v) is 26.0. The molecular weight excluding hydrogens is 998 g/mol. The summed E-state index contributed by atoms with van der Waals surface area (Å²) < 4.78 is 3.01. The van der Waals surface area contributed by atoms with Gasteiger partial charge in [-0.3, -0.25) is 0 Å². The van der Waals surface area contributed by atoms with Gasteiger partial charge < -0.3 is 24.8 Å². The van der Waals surface area contributed by atoms with Gasteiger partial charge in [-0.2, -0.15) is 35.5 Å². The van der Waals surface area contributed by atoms with Crippen LogP contribution in [0.2, 0.25) is 0 Å². The van der Waals surface area contributed by atoms with Crippen LogP contribution in [0.3, 0.4) is 0 Å². The van der Waals surface area contributed by atoms with Gasteiger partial charge >= 0.3 is 82.6 Å². The van der Waals surface area contributed by atoms with Crippen molar-refractivity contribution < 1.29 is 73.3 Å². The summed E-state index contributed by atoms with van der Waals surface area (Å²) in [6.07, 6.45) is 29.2. The molecule has 6 aliphatic rings. The van der Waals surface area contributed by atoms with Crippen LogP contribution >= 0.6 is 0 Å². The smallest absolute Gasteiger partial charge is 1.00 e. The number of benzene rings is 2.